The van der Waals surface area contributed by atoms with Gasteiger partial charge in [0.2, 0.25) is 0 Å². The molecule has 0 aromatic heterocycles. The predicted molar refractivity (Wildman–Crippen MR) is 79.8 cm³/mol. The van der Waals surface area contributed by atoms with Gasteiger partial charge in [-0.15, -0.1) is 0 Å². The summed E-state index contributed by atoms with van der Waals surface area (Å²) in [5.74, 6) is 3.08. The molecule has 3 unspecified atom stereocenters. The Hall–Kier alpha value is -0.0400. The first-order chi connectivity index (χ1) is 8.90. The van der Waals surface area contributed by atoms with Crippen LogP contribution in [0.4, 0.5) is 0 Å². The zero-order chi connectivity index (χ0) is 13.8. The first-order valence-electron chi connectivity index (χ1n) is 8.58. The summed E-state index contributed by atoms with van der Waals surface area (Å²) in [7, 11) is 0. The van der Waals surface area contributed by atoms with Gasteiger partial charge in [0.05, 0.1) is 6.10 Å². The van der Waals surface area contributed by atoms with Gasteiger partial charge in [0, 0.05) is 0 Å². The van der Waals surface area contributed by atoms with E-state index < -0.39 is 0 Å². The van der Waals surface area contributed by atoms with Crippen molar-refractivity contribution in [1.82, 2.24) is 0 Å². The average Bonchev–Trinajstić information content (AvgIpc) is 2.71. The molecule has 0 spiro atoms. The van der Waals surface area contributed by atoms with Crippen LogP contribution in [0.3, 0.4) is 0 Å². The molecule has 6 atom stereocenters. The van der Waals surface area contributed by atoms with Crippen LogP contribution in [0.15, 0.2) is 0 Å². The number of hydrogen-bond acceptors (Lipinski definition) is 1. The lowest BCUT2D eigenvalue weighted by Crippen LogP contribution is -2.42. The van der Waals surface area contributed by atoms with Crippen molar-refractivity contribution in [2.24, 2.45) is 34.5 Å². The molecule has 19 heavy (non-hydrogen) atoms. The van der Waals surface area contributed by atoms with E-state index in [1.54, 1.807) is 0 Å². The fourth-order valence-corrected chi connectivity index (χ4v) is 6.01. The van der Waals surface area contributed by atoms with E-state index in [-0.39, 0.29) is 6.10 Å². The van der Waals surface area contributed by atoms with E-state index in [1.165, 1.54) is 38.5 Å². The maximum absolute atomic E-state index is 10.6. The van der Waals surface area contributed by atoms with Crippen molar-refractivity contribution in [3.63, 3.8) is 0 Å². The highest BCUT2D eigenvalue weighted by molar-refractivity contribution is 5.12. The fourth-order valence-electron chi connectivity index (χ4n) is 6.01. The Morgan fingerprint density at radius 3 is 2.26 bits per heavy atom. The van der Waals surface area contributed by atoms with Crippen LogP contribution in [-0.2, 0) is 0 Å². The summed E-state index contributed by atoms with van der Waals surface area (Å²) < 4.78 is 0. The SMILES string of the molecule is CCC1CCC([C@H]2C[C@@H]3CC[C@@]2(C)C3(C)C)C(O)C1. The van der Waals surface area contributed by atoms with Gasteiger partial charge in [-0.25, -0.2) is 0 Å². The summed E-state index contributed by atoms with van der Waals surface area (Å²) in [4.78, 5) is 0. The molecule has 0 heterocycles. The van der Waals surface area contributed by atoms with Crippen LogP contribution in [0.5, 0.6) is 0 Å². The van der Waals surface area contributed by atoms with E-state index in [4.69, 9.17) is 0 Å². The lowest BCUT2D eigenvalue weighted by molar-refractivity contribution is -0.0343. The molecule has 0 aromatic carbocycles. The van der Waals surface area contributed by atoms with E-state index >= 15 is 0 Å². The fraction of sp³-hybridized carbons (Fsp3) is 1.00. The van der Waals surface area contributed by atoms with E-state index in [1.807, 2.05) is 0 Å². The third kappa shape index (κ3) is 1.83. The zero-order valence-electron chi connectivity index (χ0n) is 13.3. The molecule has 0 aromatic rings. The van der Waals surface area contributed by atoms with Gasteiger partial charge in [0.15, 0.2) is 0 Å². The highest BCUT2D eigenvalue weighted by Crippen LogP contribution is 2.70. The highest BCUT2D eigenvalue weighted by atomic mass is 16.3. The van der Waals surface area contributed by atoms with Gasteiger partial charge in [-0.1, -0.05) is 34.1 Å². The van der Waals surface area contributed by atoms with Crippen LogP contribution in [0.2, 0.25) is 0 Å². The molecule has 0 radical (unpaired) electrons. The van der Waals surface area contributed by atoms with Crippen LogP contribution >= 0.6 is 0 Å². The van der Waals surface area contributed by atoms with Crippen molar-refractivity contribution in [2.75, 3.05) is 0 Å². The van der Waals surface area contributed by atoms with Crippen LogP contribution in [0.1, 0.15) is 72.6 Å². The Morgan fingerprint density at radius 2 is 1.79 bits per heavy atom. The number of rotatable bonds is 2. The summed E-state index contributed by atoms with van der Waals surface area (Å²) >= 11 is 0. The molecule has 0 aliphatic heterocycles. The van der Waals surface area contributed by atoms with Crippen molar-refractivity contribution in [1.29, 1.82) is 0 Å². The number of aliphatic hydroxyl groups excluding tert-OH is 1. The van der Waals surface area contributed by atoms with Crippen LogP contribution < -0.4 is 0 Å². The molecule has 1 heteroatoms. The van der Waals surface area contributed by atoms with Crippen LogP contribution in [0, 0.1) is 34.5 Å². The Kier molecular flexibility index (Phi) is 3.28. The Morgan fingerprint density at radius 1 is 1.05 bits per heavy atom. The minimum absolute atomic E-state index is 0.0179. The predicted octanol–water partition coefficient (Wildman–Crippen LogP) is 4.64. The Labute approximate surface area is 119 Å². The van der Waals surface area contributed by atoms with Crippen molar-refractivity contribution >= 4 is 0 Å². The van der Waals surface area contributed by atoms with Gasteiger partial charge in [-0.3, -0.25) is 0 Å². The molecule has 1 nitrogen and oxygen atoms in total. The normalized spacial score (nSPS) is 52.6. The third-order valence-electron chi connectivity index (χ3n) is 7.93. The summed E-state index contributed by atoms with van der Waals surface area (Å²) in [5.41, 5.74) is 0.987. The number of fused-ring (bicyclic) bond motifs is 2. The smallest absolute Gasteiger partial charge is 0.0573 e. The minimum Gasteiger partial charge on any atom is -0.393 e. The molecular formula is C18H32O. The number of aliphatic hydroxyl groups is 1. The maximum atomic E-state index is 10.6. The van der Waals surface area contributed by atoms with E-state index in [2.05, 4.69) is 27.7 Å². The van der Waals surface area contributed by atoms with Crippen molar-refractivity contribution in [3.05, 3.63) is 0 Å². The van der Waals surface area contributed by atoms with Gasteiger partial charge in [0.25, 0.3) is 0 Å². The molecule has 3 fully saturated rings. The average molecular weight is 264 g/mol. The largest absolute Gasteiger partial charge is 0.393 e. The molecule has 1 N–H and O–H groups in total. The minimum atomic E-state index is -0.0179. The number of hydrogen-bond donors (Lipinski definition) is 1. The topological polar surface area (TPSA) is 20.2 Å². The molecule has 110 valence electrons. The van der Waals surface area contributed by atoms with Crippen LogP contribution in [0.25, 0.3) is 0 Å². The van der Waals surface area contributed by atoms with E-state index in [0.717, 1.165) is 24.2 Å². The summed E-state index contributed by atoms with van der Waals surface area (Å²) in [6.07, 6.45) is 9.16. The highest BCUT2D eigenvalue weighted by Gasteiger charge is 2.63. The summed E-state index contributed by atoms with van der Waals surface area (Å²) in [6, 6.07) is 0. The van der Waals surface area contributed by atoms with E-state index in [0.29, 0.717) is 16.7 Å². The molecule has 3 aliphatic rings. The maximum Gasteiger partial charge on any atom is 0.0573 e. The van der Waals surface area contributed by atoms with Gasteiger partial charge in [-0.05, 0) is 73.0 Å². The summed E-state index contributed by atoms with van der Waals surface area (Å²) in [6.45, 7) is 9.80. The van der Waals surface area contributed by atoms with Crippen LogP contribution in [-0.4, -0.2) is 11.2 Å². The lowest BCUT2D eigenvalue weighted by Gasteiger charge is -2.46. The zero-order valence-corrected chi connectivity index (χ0v) is 13.3. The van der Waals surface area contributed by atoms with E-state index in [9.17, 15) is 5.11 Å². The second-order valence-electron chi connectivity index (χ2n) is 8.54. The monoisotopic (exact) mass is 264 g/mol. The molecule has 2 bridgehead atoms. The first-order valence-corrected chi connectivity index (χ1v) is 8.58. The van der Waals surface area contributed by atoms with Crippen molar-refractivity contribution in [2.45, 2.75) is 78.7 Å². The second kappa shape index (κ2) is 4.48. The second-order valence-corrected chi connectivity index (χ2v) is 8.54. The van der Waals surface area contributed by atoms with Gasteiger partial charge in [-0.2, -0.15) is 0 Å². The van der Waals surface area contributed by atoms with Crippen molar-refractivity contribution < 1.29 is 5.11 Å². The molecule has 0 amide bonds. The Bertz CT molecular complexity index is 348. The molecular weight excluding hydrogens is 232 g/mol. The lowest BCUT2D eigenvalue weighted by atomic mass is 9.60. The first kappa shape index (κ1) is 13.9. The van der Waals surface area contributed by atoms with Gasteiger partial charge >= 0.3 is 0 Å². The third-order valence-corrected chi connectivity index (χ3v) is 7.93. The quantitative estimate of drug-likeness (QED) is 0.770. The molecule has 3 aliphatic carbocycles. The Balaban J connectivity index is 1.78. The standard InChI is InChI=1S/C18H32O/c1-5-12-6-7-14(16(19)10-12)15-11-13-8-9-18(15,4)17(13,2)3/h12-16,19H,5-11H2,1-4H3/t12?,13-,14?,15+,16?,18+/m0/s1. The van der Waals surface area contributed by atoms with Gasteiger partial charge < -0.3 is 5.11 Å². The molecule has 0 saturated heterocycles. The molecule has 3 saturated carbocycles. The van der Waals surface area contributed by atoms with Gasteiger partial charge in [0.1, 0.15) is 0 Å². The summed E-state index contributed by atoms with van der Waals surface area (Å²) in [5, 5.41) is 10.6. The van der Waals surface area contributed by atoms with Crippen molar-refractivity contribution in [3.8, 4) is 0 Å². The molecule has 3 rings (SSSR count).